The van der Waals surface area contributed by atoms with Crippen LogP contribution in [0.4, 0.5) is 0 Å². The Bertz CT molecular complexity index is 500. The predicted molar refractivity (Wildman–Crippen MR) is 77.3 cm³/mol. The molecule has 1 heterocycles. The molecule has 0 atom stereocenters. The minimum absolute atomic E-state index is 0. The van der Waals surface area contributed by atoms with Crippen molar-refractivity contribution < 1.29 is 9.15 Å². The van der Waals surface area contributed by atoms with Gasteiger partial charge in [0.2, 0.25) is 0 Å². The van der Waals surface area contributed by atoms with Crippen LogP contribution in [0.2, 0.25) is 0 Å². The van der Waals surface area contributed by atoms with Gasteiger partial charge in [-0.2, -0.15) is 0 Å². The summed E-state index contributed by atoms with van der Waals surface area (Å²) in [5, 5.41) is 3.30. The van der Waals surface area contributed by atoms with Crippen LogP contribution in [-0.4, -0.2) is 6.61 Å². The maximum atomic E-state index is 5.30. The molecule has 0 aliphatic rings. The average molecular weight is 278 g/mol. The van der Waals surface area contributed by atoms with Gasteiger partial charge in [0.15, 0.2) is 0 Å². The summed E-state index contributed by atoms with van der Waals surface area (Å²) in [6.07, 6.45) is 6.80. The van der Waals surface area contributed by atoms with E-state index in [0.29, 0.717) is 6.61 Å². The first-order valence-corrected chi connectivity index (χ1v) is 5.77. The fourth-order valence-corrected chi connectivity index (χ4v) is 1.57. The van der Waals surface area contributed by atoms with Crippen LogP contribution in [0, 0.1) is 12.3 Å². The summed E-state index contributed by atoms with van der Waals surface area (Å²) in [7, 11) is 0. The van der Waals surface area contributed by atoms with E-state index in [1.807, 2.05) is 36.4 Å². The highest BCUT2D eigenvalue weighted by atomic mass is 35.5. The Balaban J connectivity index is 0.00000180. The van der Waals surface area contributed by atoms with Crippen molar-refractivity contribution in [1.29, 1.82) is 0 Å². The summed E-state index contributed by atoms with van der Waals surface area (Å²) in [6, 6.07) is 11.7. The maximum Gasteiger partial charge on any atom is 0.148 e. The lowest BCUT2D eigenvalue weighted by atomic mass is 10.2. The van der Waals surface area contributed by atoms with Crippen LogP contribution in [0.1, 0.15) is 11.3 Å². The molecule has 0 saturated heterocycles. The molecule has 4 heteroatoms. The Morgan fingerprint density at radius 3 is 2.58 bits per heavy atom. The lowest BCUT2D eigenvalue weighted by Gasteiger charge is -2.05. The van der Waals surface area contributed by atoms with E-state index in [0.717, 1.165) is 24.6 Å². The van der Waals surface area contributed by atoms with Crippen LogP contribution >= 0.6 is 12.4 Å². The molecule has 0 unspecified atom stereocenters. The van der Waals surface area contributed by atoms with Crippen molar-refractivity contribution in [2.24, 2.45) is 0 Å². The van der Waals surface area contributed by atoms with Gasteiger partial charge in [0, 0.05) is 6.54 Å². The third-order valence-corrected chi connectivity index (χ3v) is 2.45. The molecule has 3 nitrogen and oxygen atoms in total. The third-order valence-electron chi connectivity index (χ3n) is 2.45. The number of terminal acetylenes is 1. The van der Waals surface area contributed by atoms with Gasteiger partial charge in [-0.3, -0.25) is 0 Å². The van der Waals surface area contributed by atoms with Gasteiger partial charge in [0.05, 0.1) is 12.8 Å². The topological polar surface area (TPSA) is 34.4 Å². The number of hydrogen-bond acceptors (Lipinski definition) is 3. The first kappa shape index (κ1) is 15.2. The minimum atomic E-state index is 0. The number of benzene rings is 1. The standard InChI is InChI=1S/C15H15NO2.ClH/c1-2-9-17-14-7-5-13(6-8-14)11-16-12-15-4-3-10-18-15;/h1,3-8,10,16H,9,11-12H2;1H. The molecule has 0 spiro atoms. The highest BCUT2D eigenvalue weighted by molar-refractivity contribution is 5.85. The monoisotopic (exact) mass is 277 g/mol. The first-order chi connectivity index (χ1) is 8.88. The summed E-state index contributed by atoms with van der Waals surface area (Å²) >= 11 is 0. The highest BCUT2D eigenvalue weighted by Gasteiger charge is 1.97. The van der Waals surface area contributed by atoms with Gasteiger partial charge >= 0.3 is 0 Å². The second kappa shape index (κ2) is 8.25. The van der Waals surface area contributed by atoms with Crippen molar-refractivity contribution in [2.75, 3.05) is 6.61 Å². The van der Waals surface area contributed by atoms with E-state index < -0.39 is 0 Å². The van der Waals surface area contributed by atoms with Crippen LogP contribution in [0.5, 0.6) is 5.75 Å². The van der Waals surface area contributed by atoms with Gasteiger partial charge in [-0.25, -0.2) is 0 Å². The number of hydrogen-bond donors (Lipinski definition) is 1. The van der Waals surface area contributed by atoms with E-state index in [1.54, 1.807) is 6.26 Å². The maximum absolute atomic E-state index is 5.30. The van der Waals surface area contributed by atoms with Crippen LogP contribution in [0.3, 0.4) is 0 Å². The molecule has 0 saturated carbocycles. The van der Waals surface area contributed by atoms with Crippen LogP contribution in [0.25, 0.3) is 0 Å². The van der Waals surface area contributed by atoms with Gasteiger partial charge in [-0.05, 0) is 29.8 Å². The van der Waals surface area contributed by atoms with Gasteiger partial charge < -0.3 is 14.5 Å². The largest absolute Gasteiger partial charge is 0.481 e. The van der Waals surface area contributed by atoms with Crippen molar-refractivity contribution >= 4 is 12.4 Å². The Morgan fingerprint density at radius 1 is 1.16 bits per heavy atom. The molecular weight excluding hydrogens is 262 g/mol. The quantitative estimate of drug-likeness (QED) is 0.824. The summed E-state index contributed by atoms with van der Waals surface area (Å²) in [6.45, 7) is 1.81. The number of nitrogens with one attached hydrogen (secondary N) is 1. The molecule has 0 aliphatic carbocycles. The molecule has 1 aromatic heterocycles. The van der Waals surface area contributed by atoms with E-state index >= 15 is 0 Å². The number of rotatable bonds is 6. The zero-order valence-corrected chi connectivity index (χ0v) is 11.3. The van der Waals surface area contributed by atoms with E-state index in [9.17, 15) is 0 Å². The summed E-state index contributed by atoms with van der Waals surface area (Å²) in [5.74, 6) is 4.16. The molecule has 1 N–H and O–H groups in total. The third kappa shape index (κ3) is 5.09. The lowest BCUT2D eigenvalue weighted by Crippen LogP contribution is -2.11. The van der Waals surface area contributed by atoms with E-state index in [2.05, 4.69) is 11.2 Å². The van der Waals surface area contributed by atoms with Gasteiger partial charge in [-0.15, -0.1) is 18.8 Å². The van der Waals surface area contributed by atoms with Crippen molar-refractivity contribution in [3.05, 3.63) is 54.0 Å². The zero-order valence-electron chi connectivity index (χ0n) is 10.5. The first-order valence-electron chi connectivity index (χ1n) is 5.77. The Hall–Kier alpha value is -1.89. The molecule has 1 aromatic carbocycles. The fourth-order valence-electron chi connectivity index (χ4n) is 1.57. The van der Waals surface area contributed by atoms with Crippen molar-refractivity contribution in [1.82, 2.24) is 5.32 Å². The Kier molecular flexibility index (Phi) is 6.59. The number of halogens is 1. The highest BCUT2D eigenvalue weighted by Crippen LogP contribution is 2.12. The predicted octanol–water partition coefficient (Wildman–Crippen LogP) is 3.00. The molecular formula is C15H16ClNO2. The molecule has 2 aromatic rings. The molecule has 0 fully saturated rings. The molecule has 0 amide bonds. The number of furan rings is 1. The van der Waals surface area contributed by atoms with E-state index in [4.69, 9.17) is 15.6 Å². The minimum Gasteiger partial charge on any atom is -0.481 e. The van der Waals surface area contributed by atoms with Crippen molar-refractivity contribution in [2.45, 2.75) is 13.1 Å². The summed E-state index contributed by atoms with van der Waals surface area (Å²) in [4.78, 5) is 0. The van der Waals surface area contributed by atoms with Crippen LogP contribution in [-0.2, 0) is 13.1 Å². The van der Waals surface area contributed by atoms with Crippen molar-refractivity contribution in [3.63, 3.8) is 0 Å². The van der Waals surface area contributed by atoms with Gasteiger partial charge in [0.25, 0.3) is 0 Å². The summed E-state index contributed by atoms with van der Waals surface area (Å²) in [5.41, 5.74) is 1.19. The second-order valence-electron chi connectivity index (χ2n) is 3.82. The lowest BCUT2D eigenvalue weighted by molar-refractivity contribution is 0.370. The fraction of sp³-hybridized carbons (Fsp3) is 0.200. The molecule has 19 heavy (non-hydrogen) atoms. The molecule has 2 rings (SSSR count). The molecule has 0 aliphatic heterocycles. The Labute approximate surface area is 119 Å². The smallest absolute Gasteiger partial charge is 0.148 e. The molecule has 100 valence electrons. The zero-order chi connectivity index (χ0) is 12.6. The van der Waals surface area contributed by atoms with Crippen LogP contribution < -0.4 is 10.1 Å². The molecule has 0 bridgehead atoms. The number of ether oxygens (including phenoxy) is 1. The average Bonchev–Trinajstić information content (AvgIpc) is 2.91. The van der Waals surface area contributed by atoms with Crippen molar-refractivity contribution in [3.8, 4) is 18.1 Å². The second-order valence-corrected chi connectivity index (χ2v) is 3.82. The SMILES string of the molecule is C#CCOc1ccc(CNCc2ccco2)cc1.Cl. The van der Waals surface area contributed by atoms with E-state index in [-0.39, 0.29) is 12.4 Å². The van der Waals surface area contributed by atoms with Gasteiger partial charge in [-0.1, -0.05) is 18.1 Å². The van der Waals surface area contributed by atoms with E-state index in [1.165, 1.54) is 5.56 Å². The molecule has 0 radical (unpaired) electrons. The van der Waals surface area contributed by atoms with Crippen LogP contribution in [0.15, 0.2) is 47.1 Å². The summed E-state index contributed by atoms with van der Waals surface area (Å²) < 4.78 is 10.5. The van der Waals surface area contributed by atoms with Gasteiger partial charge in [0.1, 0.15) is 18.1 Å². The normalized spacial score (nSPS) is 9.42. The Morgan fingerprint density at radius 2 is 1.95 bits per heavy atom.